The molecule has 2 unspecified atom stereocenters. The Morgan fingerprint density at radius 3 is 0.973 bits per heavy atom. The van der Waals surface area contributed by atoms with Gasteiger partial charge in [0.15, 0.2) is 0 Å². The Morgan fingerprint density at radius 1 is 0.370 bits per heavy atom. The van der Waals surface area contributed by atoms with Crippen molar-refractivity contribution in [1.82, 2.24) is 5.32 Å². The van der Waals surface area contributed by atoms with Gasteiger partial charge in [-0.15, -0.1) is 0 Å². The van der Waals surface area contributed by atoms with Gasteiger partial charge in [0.1, 0.15) is 0 Å². The van der Waals surface area contributed by atoms with E-state index in [1.54, 1.807) is 6.08 Å². The minimum absolute atomic E-state index is 0.00542. The molecular weight excluding hydrogens is 899 g/mol. The standard InChI is InChI=1S/C67H127NO5/c1-3-5-7-9-11-13-15-17-19-21-24-29-33-37-41-45-49-53-57-61-67(72)73-62-58-54-50-46-42-38-34-30-26-23-22-25-28-32-36-40-44-48-52-56-60-66(71)68-64(63-69)65(70)59-55-51-47-43-39-35-31-27-20-18-16-14-12-10-8-6-4-2/h17,19,22,25,55,59,64-65,69-70H,3-16,18,20-21,23-24,26-54,56-58,60-63H2,1-2H3,(H,68,71)/b19-17-,25-22-,59-55+. The van der Waals surface area contributed by atoms with E-state index in [1.165, 1.54) is 276 Å². The number of carbonyl (C=O) groups is 2. The van der Waals surface area contributed by atoms with Gasteiger partial charge in [0.25, 0.3) is 0 Å². The summed E-state index contributed by atoms with van der Waals surface area (Å²) >= 11 is 0. The number of carbonyl (C=O) groups excluding carboxylic acids is 2. The van der Waals surface area contributed by atoms with E-state index >= 15 is 0 Å². The van der Waals surface area contributed by atoms with Crippen LogP contribution in [0, 0.1) is 0 Å². The minimum atomic E-state index is -0.851. The van der Waals surface area contributed by atoms with Gasteiger partial charge < -0.3 is 20.3 Å². The van der Waals surface area contributed by atoms with Gasteiger partial charge in [-0.25, -0.2) is 0 Å². The highest BCUT2D eigenvalue weighted by Gasteiger charge is 2.18. The zero-order chi connectivity index (χ0) is 52.9. The number of nitrogens with one attached hydrogen (secondary N) is 1. The summed E-state index contributed by atoms with van der Waals surface area (Å²) in [4.78, 5) is 24.6. The molecule has 73 heavy (non-hydrogen) atoms. The van der Waals surface area contributed by atoms with Crippen LogP contribution < -0.4 is 5.32 Å². The van der Waals surface area contributed by atoms with Crippen LogP contribution >= 0.6 is 0 Å². The molecule has 6 heteroatoms. The molecule has 0 saturated carbocycles. The predicted octanol–water partition coefficient (Wildman–Crippen LogP) is 20.8. The van der Waals surface area contributed by atoms with Crippen molar-refractivity contribution < 1.29 is 24.5 Å². The summed E-state index contributed by atoms with van der Waals surface area (Å²) in [5, 5.41) is 23.2. The molecule has 0 radical (unpaired) electrons. The molecule has 1 amide bonds. The summed E-state index contributed by atoms with van der Waals surface area (Å²) in [7, 11) is 0. The molecule has 0 rings (SSSR count). The second-order valence-corrected chi connectivity index (χ2v) is 22.4. The van der Waals surface area contributed by atoms with E-state index in [1.807, 2.05) is 6.08 Å². The zero-order valence-corrected chi connectivity index (χ0v) is 49.1. The predicted molar refractivity (Wildman–Crippen MR) is 319 cm³/mol. The summed E-state index contributed by atoms with van der Waals surface area (Å²) in [6.45, 7) is 4.91. The Labute approximate surface area is 455 Å². The van der Waals surface area contributed by atoms with Crippen molar-refractivity contribution in [3.05, 3.63) is 36.5 Å². The van der Waals surface area contributed by atoms with Gasteiger partial charge in [-0.1, -0.05) is 294 Å². The fraction of sp³-hybridized carbons (Fsp3) is 0.881. The van der Waals surface area contributed by atoms with E-state index in [4.69, 9.17) is 4.74 Å². The first kappa shape index (κ1) is 71.1. The summed E-state index contributed by atoms with van der Waals surface area (Å²) in [6, 6.07) is -0.635. The van der Waals surface area contributed by atoms with Crippen LogP contribution in [0.1, 0.15) is 354 Å². The topological polar surface area (TPSA) is 95.9 Å². The molecule has 0 aromatic heterocycles. The van der Waals surface area contributed by atoms with Crippen LogP contribution in [0.15, 0.2) is 36.5 Å². The molecule has 0 aromatic carbocycles. The van der Waals surface area contributed by atoms with Gasteiger partial charge in [0, 0.05) is 12.8 Å². The van der Waals surface area contributed by atoms with Gasteiger partial charge in [-0.2, -0.15) is 0 Å². The minimum Gasteiger partial charge on any atom is -0.466 e. The highest BCUT2D eigenvalue weighted by Crippen LogP contribution is 2.17. The Kier molecular flexibility index (Phi) is 61.0. The third-order valence-electron chi connectivity index (χ3n) is 15.1. The first-order valence-electron chi connectivity index (χ1n) is 32.8. The second kappa shape index (κ2) is 62.6. The highest BCUT2D eigenvalue weighted by atomic mass is 16.5. The van der Waals surface area contributed by atoms with Crippen LogP contribution in [-0.4, -0.2) is 47.4 Å². The third-order valence-corrected chi connectivity index (χ3v) is 15.1. The van der Waals surface area contributed by atoms with Crippen molar-refractivity contribution in [2.45, 2.75) is 366 Å². The van der Waals surface area contributed by atoms with Crippen LogP contribution in [0.25, 0.3) is 0 Å². The van der Waals surface area contributed by atoms with Crippen molar-refractivity contribution >= 4 is 11.9 Å². The lowest BCUT2D eigenvalue weighted by molar-refractivity contribution is -0.143. The number of amides is 1. The number of aliphatic hydroxyl groups excluding tert-OH is 2. The van der Waals surface area contributed by atoms with Crippen molar-refractivity contribution in [3.63, 3.8) is 0 Å². The fourth-order valence-corrected chi connectivity index (χ4v) is 10.1. The number of hydrogen-bond donors (Lipinski definition) is 3. The van der Waals surface area contributed by atoms with E-state index in [0.29, 0.717) is 19.4 Å². The number of hydrogen-bond acceptors (Lipinski definition) is 5. The van der Waals surface area contributed by atoms with Gasteiger partial charge in [0.05, 0.1) is 25.4 Å². The number of rotatable bonds is 61. The normalized spacial score (nSPS) is 12.8. The maximum Gasteiger partial charge on any atom is 0.305 e. The molecule has 0 fully saturated rings. The average molecular weight is 1030 g/mol. The lowest BCUT2D eigenvalue weighted by Gasteiger charge is -2.20. The number of ether oxygens (including phenoxy) is 1. The van der Waals surface area contributed by atoms with E-state index in [9.17, 15) is 19.8 Å². The summed E-state index contributed by atoms with van der Waals surface area (Å²) < 4.78 is 5.50. The average Bonchev–Trinajstić information content (AvgIpc) is 3.39. The van der Waals surface area contributed by atoms with E-state index < -0.39 is 12.1 Å². The largest absolute Gasteiger partial charge is 0.466 e. The molecular formula is C67H127NO5. The lowest BCUT2D eigenvalue weighted by atomic mass is 10.0. The summed E-state index contributed by atoms with van der Waals surface area (Å²) in [6.07, 6.45) is 79.0. The number of aliphatic hydroxyl groups is 2. The maximum absolute atomic E-state index is 12.5. The van der Waals surface area contributed by atoms with Crippen LogP contribution in [0.4, 0.5) is 0 Å². The first-order valence-corrected chi connectivity index (χ1v) is 32.8. The van der Waals surface area contributed by atoms with E-state index in [0.717, 1.165) is 51.4 Å². The Morgan fingerprint density at radius 2 is 0.644 bits per heavy atom. The van der Waals surface area contributed by atoms with Crippen LogP contribution in [-0.2, 0) is 14.3 Å². The summed E-state index contributed by atoms with van der Waals surface area (Å²) in [5.74, 6) is -0.0693. The molecule has 0 spiro atoms. The third kappa shape index (κ3) is 59.2. The van der Waals surface area contributed by atoms with E-state index in [2.05, 4.69) is 43.5 Å². The molecule has 0 bridgehead atoms. The Bertz CT molecular complexity index is 1180. The van der Waals surface area contributed by atoms with Crippen molar-refractivity contribution in [3.8, 4) is 0 Å². The molecule has 2 atom stereocenters. The molecule has 0 heterocycles. The van der Waals surface area contributed by atoms with Crippen molar-refractivity contribution in [2.75, 3.05) is 13.2 Å². The fourth-order valence-electron chi connectivity index (χ4n) is 10.1. The van der Waals surface area contributed by atoms with Gasteiger partial charge in [-0.3, -0.25) is 9.59 Å². The molecule has 6 nitrogen and oxygen atoms in total. The maximum atomic E-state index is 12.5. The molecule has 0 aliphatic heterocycles. The van der Waals surface area contributed by atoms with Crippen LogP contribution in [0.3, 0.4) is 0 Å². The molecule has 0 aliphatic carbocycles. The van der Waals surface area contributed by atoms with Crippen LogP contribution in [0.2, 0.25) is 0 Å². The molecule has 0 aliphatic rings. The van der Waals surface area contributed by atoms with E-state index in [-0.39, 0.29) is 18.5 Å². The zero-order valence-electron chi connectivity index (χ0n) is 49.1. The van der Waals surface area contributed by atoms with Crippen molar-refractivity contribution in [1.29, 1.82) is 0 Å². The first-order chi connectivity index (χ1) is 36.0. The quantitative estimate of drug-likeness (QED) is 0.0320. The highest BCUT2D eigenvalue weighted by molar-refractivity contribution is 5.76. The number of unbranched alkanes of at least 4 members (excludes halogenated alkanes) is 46. The number of esters is 1. The number of allylic oxidation sites excluding steroid dienone is 5. The molecule has 430 valence electrons. The van der Waals surface area contributed by atoms with Gasteiger partial charge in [0.2, 0.25) is 5.91 Å². The van der Waals surface area contributed by atoms with Crippen LogP contribution in [0.5, 0.6) is 0 Å². The smallest absolute Gasteiger partial charge is 0.305 e. The molecule has 0 aromatic rings. The molecule has 3 N–H and O–H groups in total. The Hall–Kier alpha value is -1.92. The van der Waals surface area contributed by atoms with Gasteiger partial charge >= 0.3 is 5.97 Å². The summed E-state index contributed by atoms with van der Waals surface area (Å²) in [5.41, 5.74) is 0. The SMILES string of the molecule is CCCCCCCC/C=C\CCCCCCCCCCCC(=O)OCCCCCCCCCCC/C=C\CCCCCCCCCC(=O)NC(CO)C(O)/C=C/CCCCCCCCCCCCCCCCC. The molecule has 0 saturated heterocycles. The second-order valence-electron chi connectivity index (χ2n) is 22.4. The van der Waals surface area contributed by atoms with Gasteiger partial charge in [-0.05, 0) is 83.5 Å². The monoisotopic (exact) mass is 1030 g/mol. The lowest BCUT2D eigenvalue weighted by Crippen LogP contribution is -2.45. The van der Waals surface area contributed by atoms with Crippen molar-refractivity contribution in [2.24, 2.45) is 0 Å². The Balaban J connectivity index is 3.44.